The van der Waals surface area contributed by atoms with E-state index in [2.05, 4.69) is 15.5 Å². The summed E-state index contributed by atoms with van der Waals surface area (Å²) in [6.07, 6.45) is 1.05. The minimum atomic E-state index is -3.83. The Hall–Kier alpha value is -2.85. The van der Waals surface area contributed by atoms with Crippen LogP contribution in [-0.4, -0.2) is 41.4 Å². The molecule has 4 aromatic rings. The van der Waals surface area contributed by atoms with Crippen LogP contribution in [-0.2, 0) is 14.8 Å². The first-order valence-corrected chi connectivity index (χ1v) is 13.0. The maximum Gasteiger partial charge on any atom is 0.244 e. The highest BCUT2D eigenvalue weighted by Crippen LogP contribution is 2.31. The van der Waals surface area contributed by atoms with Crippen molar-refractivity contribution in [2.75, 3.05) is 11.9 Å². The number of carbonyl (C=O) groups excluding carboxylic acids is 1. The molecule has 33 heavy (non-hydrogen) atoms. The van der Waals surface area contributed by atoms with E-state index in [0.29, 0.717) is 34.5 Å². The number of aromatic nitrogens is 2. The first kappa shape index (κ1) is 22.0. The number of nitrogens with one attached hydrogen (secondary N) is 1. The second-order valence-electron chi connectivity index (χ2n) is 7.69. The van der Waals surface area contributed by atoms with Gasteiger partial charge in [-0.2, -0.15) is 4.31 Å². The Bertz CT molecular complexity index is 1440. The number of sulfonamides is 1. The van der Waals surface area contributed by atoms with Crippen molar-refractivity contribution in [3.8, 4) is 10.6 Å². The van der Waals surface area contributed by atoms with E-state index in [9.17, 15) is 13.2 Å². The second kappa shape index (κ2) is 8.83. The number of halogens is 1. The maximum atomic E-state index is 13.4. The third kappa shape index (κ3) is 4.37. The van der Waals surface area contributed by atoms with E-state index in [0.717, 1.165) is 16.3 Å². The predicted octanol–water partition coefficient (Wildman–Crippen LogP) is 4.80. The minimum Gasteiger partial charge on any atom is -0.299 e. The number of benzene rings is 3. The van der Waals surface area contributed by atoms with Gasteiger partial charge in [0.2, 0.25) is 21.1 Å². The largest absolute Gasteiger partial charge is 0.299 e. The predicted molar refractivity (Wildman–Crippen MR) is 130 cm³/mol. The van der Waals surface area contributed by atoms with Gasteiger partial charge in [-0.1, -0.05) is 65.4 Å². The quantitative estimate of drug-likeness (QED) is 0.426. The van der Waals surface area contributed by atoms with Gasteiger partial charge < -0.3 is 0 Å². The van der Waals surface area contributed by atoms with Crippen LogP contribution in [0.1, 0.15) is 12.8 Å². The van der Waals surface area contributed by atoms with Crippen molar-refractivity contribution in [3.05, 3.63) is 71.8 Å². The molecule has 0 spiro atoms. The molecule has 3 aromatic carbocycles. The molecule has 2 heterocycles. The van der Waals surface area contributed by atoms with Crippen LogP contribution in [0.4, 0.5) is 5.13 Å². The fraction of sp³-hybridized carbons (Fsp3) is 0.174. The van der Waals surface area contributed by atoms with E-state index < -0.39 is 22.0 Å². The van der Waals surface area contributed by atoms with Crippen LogP contribution < -0.4 is 5.32 Å². The van der Waals surface area contributed by atoms with Gasteiger partial charge in [0.05, 0.1) is 4.90 Å². The van der Waals surface area contributed by atoms with Gasteiger partial charge in [0.1, 0.15) is 11.0 Å². The summed E-state index contributed by atoms with van der Waals surface area (Å²) in [6.45, 7) is 0.291. The van der Waals surface area contributed by atoms with Crippen LogP contribution in [0.3, 0.4) is 0 Å². The van der Waals surface area contributed by atoms with Gasteiger partial charge in [-0.05, 0) is 47.9 Å². The molecule has 168 valence electrons. The molecular weight excluding hydrogens is 480 g/mol. The van der Waals surface area contributed by atoms with E-state index in [1.165, 1.54) is 15.6 Å². The lowest BCUT2D eigenvalue weighted by Gasteiger charge is -2.23. The molecular formula is C23H19ClN4O3S2. The lowest BCUT2D eigenvalue weighted by molar-refractivity contribution is -0.119. The zero-order chi connectivity index (χ0) is 23.0. The fourth-order valence-corrected chi connectivity index (χ4v) is 6.49. The molecule has 0 aliphatic carbocycles. The van der Waals surface area contributed by atoms with Crippen molar-refractivity contribution in [1.82, 2.24) is 14.5 Å². The average molecular weight is 499 g/mol. The molecule has 7 nitrogen and oxygen atoms in total. The Labute approximate surface area is 200 Å². The molecule has 1 N–H and O–H groups in total. The molecule has 1 aliphatic rings. The number of fused-ring (bicyclic) bond motifs is 1. The highest BCUT2D eigenvalue weighted by molar-refractivity contribution is 7.89. The van der Waals surface area contributed by atoms with Crippen LogP contribution in [0.25, 0.3) is 21.3 Å². The van der Waals surface area contributed by atoms with Crippen molar-refractivity contribution in [2.24, 2.45) is 0 Å². The van der Waals surface area contributed by atoms with Gasteiger partial charge in [-0.25, -0.2) is 8.42 Å². The van der Waals surface area contributed by atoms with Crippen molar-refractivity contribution in [3.63, 3.8) is 0 Å². The van der Waals surface area contributed by atoms with Crippen LogP contribution in [0.2, 0.25) is 5.02 Å². The SMILES string of the molecule is O=C(Nc1nnc(-c2ccc(Cl)cc2)s1)[C@H]1CCCN1S(=O)(=O)c1ccc2ccccc2c1. The zero-order valence-corrected chi connectivity index (χ0v) is 19.7. The van der Waals surface area contributed by atoms with E-state index in [1.54, 1.807) is 30.3 Å². The lowest BCUT2D eigenvalue weighted by atomic mass is 10.1. The Balaban J connectivity index is 1.35. The van der Waals surface area contributed by atoms with E-state index >= 15 is 0 Å². The summed E-state index contributed by atoms with van der Waals surface area (Å²) in [4.78, 5) is 13.2. The Kier molecular flexibility index (Phi) is 5.88. The number of hydrogen-bond donors (Lipinski definition) is 1. The first-order valence-electron chi connectivity index (χ1n) is 10.3. The number of nitrogens with zero attached hydrogens (tertiary/aromatic N) is 3. The number of anilines is 1. The van der Waals surface area contributed by atoms with Gasteiger partial charge in [-0.3, -0.25) is 10.1 Å². The molecule has 1 aromatic heterocycles. The fourth-order valence-electron chi connectivity index (χ4n) is 3.92. The summed E-state index contributed by atoms with van der Waals surface area (Å²) in [5.41, 5.74) is 0.832. The number of hydrogen-bond acceptors (Lipinski definition) is 6. The summed E-state index contributed by atoms with van der Waals surface area (Å²) in [7, 11) is -3.83. The van der Waals surface area contributed by atoms with Gasteiger partial charge in [0.15, 0.2) is 0 Å². The van der Waals surface area contributed by atoms with Crippen molar-refractivity contribution in [1.29, 1.82) is 0 Å². The highest BCUT2D eigenvalue weighted by Gasteiger charge is 2.39. The minimum absolute atomic E-state index is 0.182. The molecule has 0 unspecified atom stereocenters. The molecule has 1 aliphatic heterocycles. The maximum absolute atomic E-state index is 13.4. The van der Waals surface area contributed by atoms with Gasteiger partial charge >= 0.3 is 0 Å². The summed E-state index contributed by atoms with van der Waals surface area (Å²) < 4.78 is 28.0. The third-order valence-corrected chi connectivity index (χ3v) is 8.62. The number of rotatable bonds is 5. The third-order valence-electron chi connectivity index (χ3n) is 5.58. The van der Waals surface area contributed by atoms with Crippen LogP contribution in [0.15, 0.2) is 71.6 Å². The second-order valence-corrected chi connectivity index (χ2v) is 11.0. The van der Waals surface area contributed by atoms with Crippen LogP contribution in [0, 0.1) is 0 Å². The van der Waals surface area contributed by atoms with E-state index in [1.807, 2.05) is 36.4 Å². The normalized spacial score (nSPS) is 16.8. The number of carbonyl (C=O) groups is 1. The molecule has 5 rings (SSSR count). The molecule has 10 heteroatoms. The van der Waals surface area contributed by atoms with Gasteiger partial charge in [0, 0.05) is 17.1 Å². The topological polar surface area (TPSA) is 92.3 Å². The van der Waals surface area contributed by atoms with E-state index in [4.69, 9.17) is 11.6 Å². The summed E-state index contributed by atoms with van der Waals surface area (Å²) in [5, 5.41) is 14.3. The standard InChI is InChI=1S/C23H19ClN4O3S2/c24-18-10-7-16(8-11-18)22-26-27-23(32-22)25-21(29)20-6-3-13-28(20)33(30,31)19-12-9-15-4-1-2-5-17(15)14-19/h1-2,4-5,7-12,14,20H,3,6,13H2,(H,25,27,29)/t20-/m1/s1. The average Bonchev–Trinajstić information content (AvgIpc) is 3.50. The molecule has 0 saturated carbocycles. The highest BCUT2D eigenvalue weighted by atomic mass is 35.5. The number of amides is 1. The van der Waals surface area contributed by atoms with Crippen molar-refractivity contribution < 1.29 is 13.2 Å². The Morgan fingerprint density at radius 2 is 1.79 bits per heavy atom. The molecule has 0 bridgehead atoms. The molecule has 1 atom stereocenters. The molecule has 0 radical (unpaired) electrons. The summed E-state index contributed by atoms with van der Waals surface area (Å²) in [6, 6.07) is 19.0. The first-order chi connectivity index (χ1) is 15.9. The Morgan fingerprint density at radius 3 is 2.58 bits per heavy atom. The lowest BCUT2D eigenvalue weighted by Crippen LogP contribution is -2.43. The van der Waals surface area contributed by atoms with Crippen LogP contribution >= 0.6 is 22.9 Å². The molecule has 1 fully saturated rings. The van der Waals surface area contributed by atoms with Crippen molar-refractivity contribution >= 4 is 54.8 Å². The van der Waals surface area contributed by atoms with Gasteiger partial charge in [0.25, 0.3) is 0 Å². The smallest absolute Gasteiger partial charge is 0.244 e. The molecule has 1 amide bonds. The molecule has 1 saturated heterocycles. The van der Waals surface area contributed by atoms with Crippen LogP contribution in [0.5, 0.6) is 0 Å². The monoisotopic (exact) mass is 498 g/mol. The van der Waals surface area contributed by atoms with Gasteiger partial charge in [-0.15, -0.1) is 10.2 Å². The zero-order valence-electron chi connectivity index (χ0n) is 17.3. The van der Waals surface area contributed by atoms with Crippen molar-refractivity contribution in [2.45, 2.75) is 23.8 Å². The summed E-state index contributed by atoms with van der Waals surface area (Å²) in [5.74, 6) is -0.407. The Morgan fingerprint density at radius 1 is 1.03 bits per heavy atom. The van der Waals surface area contributed by atoms with E-state index in [-0.39, 0.29) is 4.90 Å². The summed E-state index contributed by atoms with van der Waals surface area (Å²) >= 11 is 7.15.